The van der Waals surface area contributed by atoms with E-state index in [0.717, 1.165) is 0 Å². The Morgan fingerprint density at radius 3 is 1.05 bits per heavy atom. The highest BCUT2D eigenvalue weighted by Gasteiger charge is 2.01. The Hall–Kier alpha value is -4.14. The molecule has 0 unspecified atom stereocenters. The Labute approximate surface area is 242 Å². The van der Waals surface area contributed by atoms with Crippen molar-refractivity contribution in [2.75, 3.05) is 0 Å². The predicted octanol–water partition coefficient (Wildman–Crippen LogP) is 10.7. The summed E-state index contributed by atoms with van der Waals surface area (Å²) >= 11 is 0. The smallest absolute Gasteiger partial charge is 0.0991 e. The molecule has 4 rings (SSSR count). The molecule has 0 saturated carbocycles. The lowest BCUT2D eigenvalue weighted by Gasteiger charge is -2.05. The number of aryl methyl sites for hydroxylation is 2. The van der Waals surface area contributed by atoms with E-state index in [2.05, 4.69) is 74.5 Å². The van der Waals surface area contributed by atoms with Crippen LogP contribution in [0.4, 0.5) is 0 Å². The van der Waals surface area contributed by atoms with Crippen LogP contribution in [-0.2, 0) is 12.8 Å². The summed E-state index contributed by atoms with van der Waals surface area (Å²) in [7, 11) is 0. The van der Waals surface area contributed by atoms with Crippen molar-refractivity contribution in [2.24, 2.45) is 0 Å². The average Bonchev–Trinajstić information content (AvgIpc) is 3.02. The van der Waals surface area contributed by atoms with Gasteiger partial charge in [0.2, 0.25) is 0 Å². The van der Waals surface area contributed by atoms with Gasteiger partial charge in [-0.3, -0.25) is 0 Å². The maximum absolute atomic E-state index is 8.82. The molecule has 4 aromatic carbocycles. The maximum atomic E-state index is 8.82. The second-order valence-corrected chi connectivity index (χ2v) is 10.4. The third kappa shape index (κ3) is 10.2. The van der Waals surface area contributed by atoms with Gasteiger partial charge in [0.1, 0.15) is 0 Å². The van der Waals surface area contributed by atoms with Gasteiger partial charge in [-0.25, -0.2) is 0 Å². The summed E-state index contributed by atoms with van der Waals surface area (Å²) in [6, 6.07) is 37.4. The van der Waals surface area contributed by atoms with Crippen molar-refractivity contribution in [3.05, 3.63) is 119 Å². The van der Waals surface area contributed by atoms with Gasteiger partial charge in [0.15, 0.2) is 0 Å². The van der Waals surface area contributed by atoms with Gasteiger partial charge in [0.25, 0.3) is 0 Å². The molecule has 40 heavy (non-hydrogen) atoms. The van der Waals surface area contributed by atoms with Crippen LogP contribution >= 0.6 is 0 Å². The van der Waals surface area contributed by atoms with Gasteiger partial charge in [-0.05, 0) is 83.3 Å². The first-order valence-electron chi connectivity index (χ1n) is 14.9. The molecular formula is C38H42N2. The third-order valence-corrected chi connectivity index (χ3v) is 7.24. The second kappa shape index (κ2) is 17.4. The van der Waals surface area contributed by atoms with Gasteiger partial charge < -0.3 is 0 Å². The molecule has 0 bridgehead atoms. The molecule has 0 amide bonds. The van der Waals surface area contributed by atoms with Crippen molar-refractivity contribution in [3.63, 3.8) is 0 Å². The van der Waals surface area contributed by atoms with Gasteiger partial charge in [0.05, 0.1) is 23.3 Å². The van der Waals surface area contributed by atoms with Crippen LogP contribution in [-0.4, -0.2) is 0 Å². The Kier molecular flexibility index (Phi) is 13.3. The topological polar surface area (TPSA) is 47.6 Å². The Bertz CT molecular complexity index is 1330. The normalized spacial score (nSPS) is 10.2. The van der Waals surface area contributed by atoms with E-state index in [1.807, 2.05) is 48.5 Å². The van der Waals surface area contributed by atoms with Gasteiger partial charge in [0, 0.05) is 0 Å². The highest BCUT2D eigenvalue weighted by molar-refractivity contribution is 5.65. The summed E-state index contributed by atoms with van der Waals surface area (Å²) < 4.78 is 0. The van der Waals surface area contributed by atoms with Crippen molar-refractivity contribution < 1.29 is 0 Å². The van der Waals surface area contributed by atoms with Crippen LogP contribution in [0.1, 0.15) is 87.5 Å². The van der Waals surface area contributed by atoms with E-state index in [4.69, 9.17) is 10.5 Å². The van der Waals surface area contributed by atoms with E-state index in [9.17, 15) is 0 Å². The lowest BCUT2D eigenvalue weighted by atomic mass is 10.0. The first-order chi connectivity index (χ1) is 19.7. The molecule has 0 aliphatic carbocycles. The molecule has 0 aliphatic heterocycles. The molecule has 2 heteroatoms. The van der Waals surface area contributed by atoms with Crippen molar-refractivity contribution in [2.45, 2.75) is 78.1 Å². The molecule has 0 spiro atoms. The van der Waals surface area contributed by atoms with Crippen LogP contribution in [0.3, 0.4) is 0 Å². The summed E-state index contributed by atoms with van der Waals surface area (Å²) in [4.78, 5) is 0. The van der Waals surface area contributed by atoms with Crippen molar-refractivity contribution >= 4 is 0 Å². The first-order valence-corrected chi connectivity index (χ1v) is 14.9. The van der Waals surface area contributed by atoms with E-state index >= 15 is 0 Å². The van der Waals surface area contributed by atoms with E-state index in [0.29, 0.717) is 11.1 Å². The molecular weight excluding hydrogens is 484 g/mol. The summed E-state index contributed by atoms with van der Waals surface area (Å²) in [6.45, 7) is 4.48. The Morgan fingerprint density at radius 2 is 0.700 bits per heavy atom. The van der Waals surface area contributed by atoms with Crippen LogP contribution in [0.5, 0.6) is 0 Å². The fourth-order valence-corrected chi connectivity index (χ4v) is 4.71. The zero-order chi connectivity index (χ0) is 28.4. The Morgan fingerprint density at radius 1 is 0.400 bits per heavy atom. The molecule has 0 N–H and O–H groups in total. The van der Waals surface area contributed by atoms with Crippen molar-refractivity contribution in [1.82, 2.24) is 0 Å². The van der Waals surface area contributed by atoms with Crippen molar-refractivity contribution in [1.29, 1.82) is 10.5 Å². The minimum Gasteiger partial charge on any atom is -0.192 e. The maximum Gasteiger partial charge on any atom is 0.0991 e. The van der Waals surface area contributed by atoms with E-state index in [1.54, 1.807) is 0 Å². The van der Waals surface area contributed by atoms with E-state index in [-0.39, 0.29) is 0 Å². The average molecular weight is 527 g/mol. The molecule has 0 radical (unpaired) electrons. The van der Waals surface area contributed by atoms with Crippen LogP contribution in [0, 0.1) is 22.7 Å². The number of unbranched alkanes of at least 4 members (excludes halogenated alkanes) is 6. The minimum absolute atomic E-state index is 0.708. The molecule has 2 nitrogen and oxygen atoms in total. The van der Waals surface area contributed by atoms with Crippen LogP contribution < -0.4 is 0 Å². The van der Waals surface area contributed by atoms with E-state index < -0.39 is 0 Å². The standard InChI is InChI=1S/C20H23N.C18H19N/c1-2-3-4-5-6-7-17-8-12-19(13-9-17)20-14-10-18(16-21)11-15-20;1-2-3-4-5-15-6-10-17(11-7-15)18-12-8-16(14-19)9-13-18/h8-15H,2-7H2,1H3;6-13H,2-5H2,1H3. The molecule has 0 fully saturated rings. The SMILES string of the molecule is CCCCCCCc1ccc(-c2ccc(C#N)cc2)cc1.CCCCCc1ccc(-c2ccc(C#N)cc2)cc1. The third-order valence-electron chi connectivity index (χ3n) is 7.24. The summed E-state index contributed by atoms with van der Waals surface area (Å²) in [5, 5.41) is 17.6. The molecule has 0 aromatic heterocycles. The van der Waals surface area contributed by atoms with Crippen LogP contribution in [0.2, 0.25) is 0 Å². The van der Waals surface area contributed by atoms with Gasteiger partial charge >= 0.3 is 0 Å². The number of rotatable bonds is 12. The quantitative estimate of drug-likeness (QED) is 0.172. The summed E-state index contributed by atoms with van der Waals surface area (Å²) in [5.41, 5.74) is 9.01. The first kappa shape index (κ1) is 30.4. The zero-order valence-corrected chi connectivity index (χ0v) is 24.2. The molecule has 0 heterocycles. The summed E-state index contributed by atoms with van der Waals surface area (Å²) in [6.07, 6.45) is 12.8. The largest absolute Gasteiger partial charge is 0.192 e. The van der Waals surface area contributed by atoms with Gasteiger partial charge in [-0.15, -0.1) is 0 Å². The fraction of sp³-hybridized carbons (Fsp3) is 0.316. The number of nitriles is 2. The summed E-state index contributed by atoms with van der Waals surface area (Å²) in [5.74, 6) is 0. The second-order valence-electron chi connectivity index (χ2n) is 10.4. The number of benzene rings is 4. The lowest BCUT2D eigenvalue weighted by molar-refractivity contribution is 0.632. The van der Waals surface area contributed by atoms with Crippen LogP contribution in [0.15, 0.2) is 97.1 Å². The minimum atomic E-state index is 0.708. The number of hydrogen-bond donors (Lipinski definition) is 0. The molecule has 0 saturated heterocycles. The number of hydrogen-bond acceptors (Lipinski definition) is 2. The monoisotopic (exact) mass is 526 g/mol. The highest BCUT2D eigenvalue weighted by Crippen LogP contribution is 2.22. The lowest BCUT2D eigenvalue weighted by Crippen LogP contribution is -1.87. The highest BCUT2D eigenvalue weighted by atomic mass is 14.2. The van der Waals surface area contributed by atoms with E-state index in [1.165, 1.54) is 97.6 Å². The molecule has 204 valence electrons. The molecule has 0 aliphatic rings. The predicted molar refractivity (Wildman–Crippen MR) is 169 cm³/mol. The molecule has 0 atom stereocenters. The fourth-order valence-electron chi connectivity index (χ4n) is 4.71. The number of nitrogens with zero attached hydrogens (tertiary/aromatic N) is 2. The Balaban J connectivity index is 0.000000222. The zero-order valence-electron chi connectivity index (χ0n) is 24.2. The van der Waals surface area contributed by atoms with Crippen molar-refractivity contribution in [3.8, 4) is 34.4 Å². The molecule has 4 aromatic rings. The van der Waals surface area contributed by atoms with Gasteiger partial charge in [-0.2, -0.15) is 10.5 Å². The van der Waals surface area contributed by atoms with Crippen LogP contribution in [0.25, 0.3) is 22.3 Å². The van der Waals surface area contributed by atoms with Gasteiger partial charge in [-0.1, -0.05) is 125 Å².